The van der Waals surface area contributed by atoms with Crippen LogP contribution in [0.15, 0.2) is 54.9 Å². The van der Waals surface area contributed by atoms with Crippen molar-refractivity contribution in [2.45, 2.75) is 12.8 Å². The number of carbonyl (C=O) groups is 1. The quantitative estimate of drug-likeness (QED) is 0.784. The second-order valence-corrected chi connectivity index (χ2v) is 5.93. The van der Waals surface area contributed by atoms with Gasteiger partial charge in [-0.1, -0.05) is 23.4 Å². The van der Waals surface area contributed by atoms with Crippen LogP contribution in [0, 0.1) is 5.92 Å². The van der Waals surface area contributed by atoms with Crippen LogP contribution in [0.4, 0.5) is 0 Å². The summed E-state index contributed by atoms with van der Waals surface area (Å²) >= 11 is 0. The maximum Gasteiger partial charge on any atom is 0.274 e. The summed E-state index contributed by atoms with van der Waals surface area (Å²) in [5, 5.41) is 11.3. The van der Waals surface area contributed by atoms with Gasteiger partial charge in [-0.05, 0) is 43.0 Å². The van der Waals surface area contributed by atoms with Crippen molar-refractivity contribution in [2.24, 2.45) is 5.92 Å². The van der Waals surface area contributed by atoms with Gasteiger partial charge in [-0.2, -0.15) is 0 Å². The number of hydrogen-bond acceptors (Lipinski definition) is 4. The van der Waals surface area contributed by atoms with Crippen molar-refractivity contribution in [3.8, 4) is 16.9 Å². The summed E-state index contributed by atoms with van der Waals surface area (Å²) in [7, 11) is 0. The first-order valence-electron chi connectivity index (χ1n) is 8.02. The molecule has 120 valence electrons. The maximum atomic E-state index is 12.6. The topological polar surface area (TPSA) is 72.7 Å². The fraction of sp³-hybridized carbons (Fsp3) is 0.222. The highest BCUT2D eigenvalue weighted by molar-refractivity contribution is 5.98. The van der Waals surface area contributed by atoms with Gasteiger partial charge in [-0.15, -0.1) is 5.10 Å². The van der Waals surface area contributed by atoms with Gasteiger partial charge in [-0.3, -0.25) is 9.78 Å². The van der Waals surface area contributed by atoms with Crippen LogP contribution in [0.3, 0.4) is 0 Å². The summed E-state index contributed by atoms with van der Waals surface area (Å²) in [5.41, 5.74) is 2.64. The lowest BCUT2D eigenvalue weighted by Crippen LogP contribution is -2.26. The van der Waals surface area contributed by atoms with Crippen molar-refractivity contribution >= 4 is 5.91 Å². The lowest BCUT2D eigenvalue weighted by molar-refractivity contribution is 0.0947. The first-order valence-corrected chi connectivity index (χ1v) is 8.02. The number of hydrogen-bond donors (Lipinski definition) is 1. The summed E-state index contributed by atoms with van der Waals surface area (Å²) in [4.78, 5) is 16.7. The molecule has 0 atom stereocenters. The molecule has 0 radical (unpaired) electrons. The molecule has 6 heteroatoms. The molecule has 0 unspecified atom stereocenters. The van der Waals surface area contributed by atoms with Gasteiger partial charge in [0.05, 0.1) is 5.69 Å². The van der Waals surface area contributed by atoms with E-state index in [9.17, 15) is 4.79 Å². The molecule has 1 amide bonds. The Morgan fingerprint density at radius 2 is 2.00 bits per heavy atom. The van der Waals surface area contributed by atoms with E-state index in [1.165, 1.54) is 12.8 Å². The second-order valence-electron chi connectivity index (χ2n) is 5.93. The summed E-state index contributed by atoms with van der Waals surface area (Å²) in [6.45, 7) is 0.698. The molecule has 1 aromatic carbocycles. The van der Waals surface area contributed by atoms with Crippen molar-refractivity contribution in [2.75, 3.05) is 6.54 Å². The lowest BCUT2D eigenvalue weighted by Gasteiger charge is -2.08. The minimum atomic E-state index is -0.192. The number of amides is 1. The summed E-state index contributed by atoms with van der Waals surface area (Å²) < 4.78 is 1.68. The Morgan fingerprint density at radius 3 is 2.71 bits per heavy atom. The molecule has 0 spiro atoms. The number of aromatic nitrogens is 4. The molecule has 1 saturated carbocycles. The molecule has 0 bridgehead atoms. The lowest BCUT2D eigenvalue weighted by atomic mass is 10.1. The molecule has 3 aromatic rings. The number of pyridine rings is 1. The van der Waals surface area contributed by atoms with E-state index in [1.54, 1.807) is 17.1 Å². The van der Waals surface area contributed by atoms with E-state index in [1.807, 2.05) is 42.5 Å². The van der Waals surface area contributed by atoms with Gasteiger partial charge in [0, 0.05) is 24.5 Å². The average Bonchev–Trinajstić information content (AvgIpc) is 3.37. The molecule has 24 heavy (non-hydrogen) atoms. The van der Waals surface area contributed by atoms with E-state index < -0.39 is 0 Å². The van der Waals surface area contributed by atoms with Crippen LogP contribution in [-0.4, -0.2) is 32.4 Å². The smallest absolute Gasteiger partial charge is 0.274 e. The van der Waals surface area contributed by atoms with E-state index in [0.29, 0.717) is 23.9 Å². The molecule has 1 aliphatic carbocycles. The molecule has 1 fully saturated rings. The molecule has 2 aromatic heterocycles. The number of nitrogens with one attached hydrogen (secondary N) is 1. The highest BCUT2D eigenvalue weighted by atomic mass is 16.2. The van der Waals surface area contributed by atoms with Crippen LogP contribution in [-0.2, 0) is 0 Å². The zero-order chi connectivity index (χ0) is 16.4. The molecule has 4 rings (SSSR count). The number of carbonyl (C=O) groups excluding carboxylic acids is 1. The largest absolute Gasteiger partial charge is 0.350 e. The number of benzene rings is 1. The Balaban J connectivity index is 1.76. The minimum absolute atomic E-state index is 0.192. The van der Waals surface area contributed by atoms with Gasteiger partial charge >= 0.3 is 0 Å². The number of rotatable bonds is 5. The zero-order valence-electron chi connectivity index (χ0n) is 13.1. The molecule has 1 N–H and O–H groups in total. The monoisotopic (exact) mass is 319 g/mol. The van der Waals surface area contributed by atoms with E-state index in [4.69, 9.17) is 0 Å². The fourth-order valence-electron chi connectivity index (χ4n) is 2.59. The average molecular weight is 319 g/mol. The van der Waals surface area contributed by atoms with E-state index in [2.05, 4.69) is 20.6 Å². The fourth-order valence-corrected chi connectivity index (χ4v) is 2.59. The maximum absolute atomic E-state index is 12.6. The number of nitrogens with zero attached hydrogens (tertiary/aromatic N) is 4. The van der Waals surface area contributed by atoms with Gasteiger partial charge in [0.1, 0.15) is 5.69 Å². The predicted octanol–water partition coefficient (Wildman–Crippen LogP) is 2.47. The standard InChI is InChI=1S/C18H17N5O/c24-18(20-11-13-8-9-13)16-17(14-5-4-10-19-12-14)23(22-21-16)15-6-2-1-3-7-15/h1-7,10,12-13H,8-9,11H2,(H,20,24). The van der Waals surface area contributed by atoms with Gasteiger partial charge in [0.2, 0.25) is 0 Å². The van der Waals surface area contributed by atoms with Crippen LogP contribution in [0.1, 0.15) is 23.3 Å². The molecule has 0 saturated heterocycles. The molecule has 1 aliphatic rings. The first-order chi connectivity index (χ1) is 11.8. The Labute approximate surface area is 139 Å². The van der Waals surface area contributed by atoms with E-state index in [0.717, 1.165) is 11.3 Å². The van der Waals surface area contributed by atoms with Crippen LogP contribution in [0.5, 0.6) is 0 Å². The van der Waals surface area contributed by atoms with Crippen LogP contribution in [0.2, 0.25) is 0 Å². The summed E-state index contributed by atoms with van der Waals surface area (Å²) in [6.07, 6.45) is 5.79. The van der Waals surface area contributed by atoms with Gasteiger partial charge in [0.25, 0.3) is 5.91 Å². The summed E-state index contributed by atoms with van der Waals surface area (Å²) in [6, 6.07) is 13.4. The Morgan fingerprint density at radius 1 is 1.17 bits per heavy atom. The highest BCUT2D eigenvalue weighted by Crippen LogP contribution is 2.28. The van der Waals surface area contributed by atoms with Crippen molar-refractivity contribution in [1.29, 1.82) is 0 Å². The molecule has 2 heterocycles. The Kier molecular flexibility index (Phi) is 3.78. The summed E-state index contributed by atoms with van der Waals surface area (Å²) in [5.74, 6) is 0.419. The second kappa shape index (κ2) is 6.23. The van der Waals surface area contributed by atoms with Crippen molar-refractivity contribution in [3.63, 3.8) is 0 Å². The Hall–Kier alpha value is -3.02. The van der Waals surface area contributed by atoms with Crippen LogP contribution in [0.25, 0.3) is 16.9 Å². The van der Waals surface area contributed by atoms with Crippen molar-refractivity contribution < 1.29 is 4.79 Å². The van der Waals surface area contributed by atoms with E-state index >= 15 is 0 Å². The predicted molar refractivity (Wildman–Crippen MR) is 89.6 cm³/mol. The molecular formula is C18H17N5O. The minimum Gasteiger partial charge on any atom is -0.350 e. The van der Waals surface area contributed by atoms with Crippen LogP contribution < -0.4 is 5.32 Å². The van der Waals surface area contributed by atoms with Crippen molar-refractivity contribution in [3.05, 3.63) is 60.6 Å². The molecule has 0 aliphatic heterocycles. The zero-order valence-corrected chi connectivity index (χ0v) is 13.1. The molecular weight excluding hydrogens is 302 g/mol. The van der Waals surface area contributed by atoms with Crippen molar-refractivity contribution in [1.82, 2.24) is 25.3 Å². The third-order valence-electron chi connectivity index (χ3n) is 4.07. The third kappa shape index (κ3) is 2.90. The van der Waals surface area contributed by atoms with Crippen LogP contribution >= 0.6 is 0 Å². The number of para-hydroxylation sites is 1. The molecule has 6 nitrogen and oxygen atoms in total. The van der Waals surface area contributed by atoms with Gasteiger partial charge in [-0.25, -0.2) is 4.68 Å². The third-order valence-corrected chi connectivity index (χ3v) is 4.07. The SMILES string of the molecule is O=C(NCC1CC1)c1nnn(-c2ccccc2)c1-c1cccnc1. The van der Waals surface area contributed by atoms with Gasteiger partial charge < -0.3 is 5.32 Å². The first kappa shape index (κ1) is 14.6. The van der Waals surface area contributed by atoms with E-state index in [-0.39, 0.29) is 5.91 Å². The highest BCUT2D eigenvalue weighted by Gasteiger charge is 2.25. The van der Waals surface area contributed by atoms with Gasteiger partial charge in [0.15, 0.2) is 5.69 Å². The Bertz CT molecular complexity index is 840. The normalized spacial score (nSPS) is 13.7.